The Balaban J connectivity index is 1.44. The zero-order valence-electron chi connectivity index (χ0n) is 13.6. The van der Waals surface area contributed by atoms with Crippen molar-refractivity contribution in [2.45, 2.75) is 50.0 Å². The molecule has 4 nitrogen and oxygen atoms in total. The second-order valence-corrected chi connectivity index (χ2v) is 7.97. The molecule has 4 atom stereocenters. The summed E-state index contributed by atoms with van der Waals surface area (Å²) in [7, 11) is 0. The number of hydrogen-bond donors (Lipinski definition) is 1. The molecule has 3 fully saturated rings. The van der Waals surface area contributed by atoms with Crippen LogP contribution in [0.3, 0.4) is 0 Å². The first kappa shape index (κ1) is 15.6. The first-order valence-corrected chi connectivity index (χ1v) is 10.2. The summed E-state index contributed by atoms with van der Waals surface area (Å²) in [4.78, 5) is 12.6. The molecule has 0 unspecified atom stereocenters. The van der Waals surface area contributed by atoms with Crippen molar-refractivity contribution in [2.75, 3.05) is 12.9 Å². The molecule has 3 aliphatic rings. The lowest BCUT2D eigenvalue weighted by atomic mass is 9.61. The molecular formula is C18H25NO3S. The maximum absolute atomic E-state index is 12.6. The largest absolute Gasteiger partial charge is 0.455 e. The van der Waals surface area contributed by atoms with Crippen LogP contribution >= 0.6 is 11.8 Å². The fourth-order valence-corrected chi connectivity index (χ4v) is 5.24. The summed E-state index contributed by atoms with van der Waals surface area (Å²) in [6, 6.07) is 3.97. The van der Waals surface area contributed by atoms with Crippen LogP contribution in [0.25, 0.3) is 0 Å². The molecule has 1 amide bonds. The lowest BCUT2D eigenvalue weighted by Gasteiger charge is -2.50. The Bertz CT molecular complexity index is 562. The number of hydrogen-bond acceptors (Lipinski definition) is 4. The zero-order chi connectivity index (χ0) is 15.8. The van der Waals surface area contributed by atoms with E-state index in [2.05, 4.69) is 5.32 Å². The maximum atomic E-state index is 12.6. The van der Waals surface area contributed by atoms with E-state index in [0.29, 0.717) is 23.7 Å². The van der Waals surface area contributed by atoms with Gasteiger partial charge in [0.15, 0.2) is 5.76 Å². The van der Waals surface area contributed by atoms with Crippen LogP contribution < -0.4 is 5.32 Å². The van der Waals surface area contributed by atoms with Gasteiger partial charge in [0, 0.05) is 24.5 Å². The van der Waals surface area contributed by atoms with E-state index < -0.39 is 0 Å². The standard InChI is InChI=1S/C18H25NO3S/c1-23-10-12-6-7-14(22-12)18(20)19-16-13-8-9-21-17(13)15(16)11-4-2-3-5-11/h6-7,11,13,15-17H,2-5,8-10H2,1H3,(H,19,20)/t13-,15+,16-,17-/m0/s1. The average Bonchev–Trinajstić information content (AvgIpc) is 3.26. The molecule has 0 spiro atoms. The number of amides is 1. The third-order valence-corrected chi connectivity index (χ3v) is 6.43. The average molecular weight is 335 g/mol. The Morgan fingerprint density at radius 2 is 2.13 bits per heavy atom. The van der Waals surface area contributed by atoms with Crippen molar-refractivity contribution in [3.05, 3.63) is 23.7 Å². The van der Waals surface area contributed by atoms with Gasteiger partial charge >= 0.3 is 0 Å². The number of thioether (sulfide) groups is 1. The molecule has 1 aromatic rings. The highest BCUT2D eigenvalue weighted by molar-refractivity contribution is 7.97. The fourth-order valence-electron chi connectivity index (χ4n) is 4.80. The van der Waals surface area contributed by atoms with Crippen LogP contribution in [0.4, 0.5) is 0 Å². The van der Waals surface area contributed by atoms with Crippen LogP contribution in [-0.4, -0.2) is 30.9 Å². The maximum Gasteiger partial charge on any atom is 0.287 e. The van der Waals surface area contributed by atoms with Crippen molar-refractivity contribution >= 4 is 17.7 Å². The molecule has 126 valence electrons. The van der Waals surface area contributed by atoms with Gasteiger partial charge in [0.2, 0.25) is 0 Å². The Morgan fingerprint density at radius 1 is 1.30 bits per heavy atom. The molecule has 1 N–H and O–H groups in total. The van der Waals surface area contributed by atoms with E-state index in [-0.39, 0.29) is 11.9 Å². The number of carbonyl (C=O) groups is 1. The number of nitrogens with one attached hydrogen (secondary N) is 1. The minimum atomic E-state index is -0.0595. The summed E-state index contributed by atoms with van der Waals surface area (Å²) >= 11 is 1.70. The molecule has 2 saturated carbocycles. The normalized spacial score (nSPS) is 33.4. The highest BCUT2D eigenvalue weighted by Gasteiger charge is 2.57. The van der Waals surface area contributed by atoms with Gasteiger partial charge in [-0.3, -0.25) is 4.79 Å². The minimum absolute atomic E-state index is 0.0595. The Hall–Kier alpha value is -0.940. The second-order valence-electron chi connectivity index (χ2n) is 7.11. The van der Waals surface area contributed by atoms with Crippen LogP contribution in [0.1, 0.15) is 48.4 Å². The van der Waals surface area contributed by atoms with Gasteiger partial charge in [-0.1, -0.05) is 25.7 Å². The molecule has 2 heterocycles. The van der Waals surface area contributed by atoms with Gasteiger partial charge in [0.25, 0.3) is 5.91 Å². The summed E-state index contributed by atoms with van der Waals surface area (Å²) in [5.74, 6) is 3.80. The first-order valence-electron chi connectivity index (χ1n) is 8.78. The lowest BCUT2D eigenvalue weighted by molar-refractivity contribution is -0.0786. The zero-order valence-corrected chi connectivity index (χ0v) is 14.4. The van der Waals surface area contributed by atoms with Gasteiger partial charge in [0.1, 0.15) is 5.76 Å². The van der Waals surface area contributed by atoms with Crippen molar-refractivity contribution in [3.63, 3.8) is 0 Å². The second kappa shape index (κ2) is 6.52. The van der Waals surface area contributed by atoms with Gasteiger partial charge < -0.3 is 14.5 Å². The topological polar surface area (TPSA) is 51.5 Å². The minimum Gasteiger partial charge on any atom is -0.455 e. The number of furan rings is 1. The summed E-state index contributed by atoms with van der Waals surface area (Å²) in [6.45, 7) is 0.851. The van der Waals surface area contributed by atoms with Crippen LogP contribution in [0, 0.1) is 17.8 Å². The predicted molar refractivity (Wildman–Crippen MR) is 90.5 cm³/mol. The van der Waals surface area contributed by atoms with Gasteiger partial charge in [-0.2, -0.15) is 11.8 Å². The Morgan fingerprint density at radius 3 is 2.91 bits per heavy atom. The van der Waals surface area contributed by atoms with Crippen molar-refractivity contribution < 1.29 is 13.9 Å². The van der Waals surface area contributed by atoms with E-state index in [4.69, 9.17) is 9.15 Å². The number of carbonyl (C=O) groups excluding carboxylic acids is 1. The molecule has 0 radical (unpaired) electrons. The van der Waals surface area contributed by atoms with E-state index in [1.165, 1.54) is 25.7 Å². The Labute approximate surface area is 141 Å². The molecule has 1 aromatic heterocycles. The highest BCUT2D eigenvalue weighted by atomic mass is 32.2. The molecule has 1 saturated heterocycles. The molecule has 1 aliphatic heterocycles. The molecule has 4 rings (SSSR count). The summed E-state index contributed by atoms with van der Waals surface area (Å²) in [5, 5.41) is 3.27. The van der Waals surface area contributed by atoms with Gasteiger partial charge in [0.05, 0.1) is 11.9 Å². The van der Waals surface area contributed by atoms with E-state index in [1.54, 1.807) is 17.8 Å². The third-order valence-electron chi connectivity index (χ3n) is 5.85. The summed E-state index contributed by atoms with van der Waals surface area (Å²) in [5.41, 5.74) is 0. The number of fused-ring (bicyclic) bond motifs is 1. The van der Waals surface area contributed by atoms with Crippen molar-refractivity contribution in [2.24, 2.45) is 17.8 Å². The molecule has 5 heteroatoms. The molecule has 23 heavy (non-hydrogen) atoms. The van der Waals surface area contributed by atoms with Crippen LogP contribution in [-0.2, 0) is 10.5 Å². The van der Waals surface area contributed by atoms with E-state index in [9.17, 15) is 4.79 Å². The van der Waals surface area contributed by atoms with Crippen molar-refractivity contribution in [3.8, 4) is 0 Å². The van der Waals surface area contributed by atoms with Gasteiger partial charge in [-0.25, -0.2) is 0 Å². The molecule has 0 aromatic carbocycles. The fraction of sp³-hybridized carbons (Fsp3) is 0.722. The van der Waals surface area contributed by atoms with Crippen LogP contribution in [0.2, 0.25) is 0 Å². The van der Waals surface area contributed by atoms with Gasteiger partial charge in [-0.15, -0.1) is 0 Å². The van der Waals surface area contributed by atoms with Crippen LogP contribution in [0.15, 0.2) is 16.5 Å². The number of ether oxygens (including phenoxy) is 1. The predicted octanol–water partition coefficient (Wildman–Crippen LogP) is 3.47. The summed E-state index contributed by atoms with van der Waals surface area (Å²) in [6.07, 6.45) is 8.74. The smallest absolute Gasteiger partial charge is 0.287 e. The lowest BCUT2D eigenvalue weighted by Crippen LogP contribution is -2.63. The van der Waals surface area contributed by atoms with Gasteiger partial charge in [-0.05, 0) is 30.7 Å². The quantitative estimate of drug-likeness (QED) is 0.895. The third kappa shape index (κ3) is 2.82. The highest BCUT2D eigenvalue weighted by Crippen LogP contribution is 2.51. The monoisotopic (exact) mass is 335 g/mol. The Kier molecular flexibility index (Phi) is 4.41. The number of rotatable bonds is 5. The van der Waals surface area contributed by atoms with E-state index in [1.807, 2.05) is 12.3 Å². The van der Waals surface area contributed by atoms with E-state index in [0.717, 1.165) is 30.5 Å². The first-order chi connectivity index (χ1) is 11.3. The summed E-state index contributed by atoms with van der Waals surface area (Å²) < 4.78 is 11.6. The SMILES string of the molecule is CSCc1ccc(C(=O)N[C@H]2[C@@H]3CCO[C@@H]3[C@@H]2C2CCCC2)o1. The van der Waals surface area contributed by atoms with Crippen molar-refractivity contribution in [1.29, 1.82) is 0 Å². The van der Waals surface area contributed by atoms with E-state index >= 15 is 0 Å². The molecular weight excluding hydrogens is 310 g/mol. The molecule has 2 aliphatic carbocycles. The van der Waals surface area contributed by atoms with Crippen LogP contribution in [0.5, 0.6) is 0 Å². The van der Waals surface area contributed by atoms with Crippen molar-refractivity contribution in [1.82, 2.24) is 5.32 Å². The molecule has 0 bridgehead atoms.